The Balaban J connectivity index is 2.39. The summed E-state index contributed by atoms with van der Waals surface area (Å²) in [4.78, 5) is 0.146. The lowest BCUT2D eigenvalue weighted by Gasteiger charge is -2.14. The number of halogens is 2. The van der Waals surface area contributed by atoms with E-state index in [0.29, 0.717) is 5.56 Å². The van der Waals surface area contributed by atoms with Gasteiger partial charge < -0.3 is 5.73 Å². The molecule has 0 aromatic heterocycles. The molecule has 0 radical (unpaired) electrons. The lowest BCUT2D eigenvalue weighted by atomic mass is 9.99. The second kappa shape index (κ2) is 5.30. The topological polar surface area (TPSA) is 60.2 Å². The molecule has 1 unspecified atom stereocenters. The molecule has 6 heteroatoms. The quantitative estimate of drug-likeness (QED) is 0.946. The van der Waals surface area contributed by atoms with E-state index in [-0.39, 0.29) is 10.5 Å². The van der Waals surface area contributed by atoms with Gasteiger partial charge in [-0.25, -0.2) is 17.2 Å². The van der Waals surface area contributed by atoms with Crippen LogP contribution in [0.5, 0.6) is 0 Å². The summed E-state index contributed by atoms with van der Waals surface area (Å²) < 4.78 is 49.5. The Bertz CT molecular complexity index is 727. The second-order valence-corrected chi connectivity index (χ2v) is 6.50. The maximum atomic E-state index is 13.6. The van der Waals surface area contributed by atoms with Crippen molar-refractivity contribution in [2.75, 3.05) is 6.26 Å². The smallest absolute Gasteiger partial charge is 0.175 e. The van der Waals surface area contributed by atoms with Crippen LogP contribution < -0.4 is 5.73 Å². The zero-order chi connectivity index (χ0) is 14.9. The van der Waals surface area contributed by atoms with Crippen molar-refractivity contribution in [1.82, 2.24) is 0 Å². The molecular formula is C14H13F2NO2S. The first-order valence-electron chi connectivity index (χ1n) is 5.79. The monoisotopic (exact) mass is 297 g/mol. The molecular weight excluding hydrogens is 284 g/mol. The maximum absolute atomic E-state index is 13.6. The zero-order valence-corrected chi connectivity index (χ0v) is 11.5. The predicted octanol–water partition coefficient (Wildman–Crippen LogP) is 2.42. The van der Waals surface area contributed by atoms with Crippen molar-refractivity contribution in [1.29, 1.82) is 0 Å². The van der Waals surface area contributed by atoms with Gasteiger partial charge in [0.05, 0.1) is 10.9 Å². The highest BCUT2D eigenvalue weighted by Gasteiger charge is 2.15. The number of hydrogen-bond donors (Lipinski definition) is 1. The molecule has 0 spiro atoms. The van der Waals surface area contributed by atoms with Crippen molar-refractivity contribution in [3.8, 4) is 0 Å². The normalized spacial score (nSPS) is 13.2. The van der Waals surface area contributed by atoms with Gasteiger partial charge in [-0.15, -0.1) is 0 Å². The first-order chi connectivity index (χ1) is 9.29. The zero-order valence-electron chi connectivity index (χ0n) is 10.7. The van der Waals surface area contributed by atoms with E-state index in [1.54, 1.807) is 0 Å². The van der Waals surface area contributed by atoms with Crippen LogP contribution in [0.25, 0.3) is 0 Å². The molecule has 106 valence electrons. The first kappa shape index (κ1) is 14.6. The number of hydrogen-bond acceptors (Lipinski definition) is 3. The van der Waals surface area contributed by atoms with E-state index in [2.05, 4.69) is 0 Å². The van der Waals surface area contributed by atoms with Gasteiger partial charge in [-0.2, -0.15) is 0 Å². The van der Waals surface area contributed by atoms with Gasteiger partial charge in [0.2, 0.25) is 0 Å². The van der Waals surface area contributed by atoms with Crippen molar-refractivity contribution in [2.24, 2.45) is 5.73 Å². The van der Waals surface area contributed by atoms with Gasteiger partial charge in [0, 0.05) is 11.8 Å². The molecule has 0 aliphatic heterocycles. The van der Waals surface area contributed by atoms with Crippen LogP contribution in [-0.4, -0.2) is 14.7 Å². The molecule has 0 aliphatic rings. The Kier molecular flexibility index (Phi) is 3.87. The molecule has 0 aliphatic carbocycles. The molecule has 0 fully saturated rings. The average molecular weight is 297 g/mol. The Morgan fingerprint density at radius 1 is 1.05 bits per heavy atom. The third-order valence-electron chi connectivity index (χ3n) is 2.96. The summed E-state index contributed by atoms with van der Waals surface area (Å²) in [7, 11) is -3.30. The predicted molar refractivity (Wildman–Crippen MR) is 71.9 cm³/mol. The van der Waals surface area contributed by atoms with Crippen molar-refractivity contribution < 1.29 is 17.2 Å². The van der Waals surface area contributed by atoms with E-state index in [0.717, 1.165) is 24.5 Å². The molecule has 3 nitrogen and oxygen atoms in total. The molecule has 0 amide bonds. The van der Waals surface area contributed by atoms with Gasteiger partial charge in [0.25, 0.3) is 0 Å². The van der Waals surface area contributed by atoms with Crippen molar-refractivity contribution >= 4 is 9.84 Å². The van der Waals surface area contributed by atoms with Gasteiger partial charge in [-0.3, -0.25) is 0 Å². The SMILES string of the molecule is CS(=O)(=O)c1ccc(C(N)c2cc(F)ccc2F)cc1. The van der Waals surface area contributed by atoms with Crippen LogP contribution in [0.15, 0.2) is 47.4 Å². The fourth-order valence-corrected chi connectivity index (χ4v) is 2.49. The van der Waals surface area contributed by atoms with Gasteiger partial charge in [-0.05, 0) is 35.9 Å². The van der Waals surface area contributed by atoms with Crippen LogP contribution in [0, 0.1) is 11.6 Å². The van der Waals surface area contributed by atoms with Crippen molar-refractivity contribution in [2.45, 2.75) is 10.9 Å². The fraction of sp³-hybridized carbons (Fsp3) is 0.143. The summed E-state index contributed by atoms with van der Waals surface area (Å²) in [6.07, 6.45) is 1.09. The molecule has 1 atom stereocenters. The van der Waals surface area contributed by atoms with Gasteiger partial charge in [0.15, 0.2) is 9.84 Å². The molecule has 0 heterocycles. The highest BCUT2D eigenvalue weighted by molar-refractivity contribution is 7.90. The second-order valence-electron chi connectivity index (χ2n) is 4.48. The van der Waals surface area contributed by atoms with Crippen LogP contribution >= 0.6 is 0 Å². The number of nitrogens with two attached hydrogens (primary N) is 1. The largest absolute Gasteiger partial charge is 0.320 e. The van der Waals surface area contributed by atoms with Crippen LogP contribution in [0.3, 0.4) is 0 Å². The van der Waals surface area contributed by atoms with Crippen LogP contribution in [0.4, 0.5) is 8.78 Å². The first-order valence-corrected chi connectivity index (χ1v) is 7.69. The van der Waals surface area contributed by atoms with E-state index in [9.17, 15) is 17.2 Å². The Hall–Kier alpha value is -1.79. The van der Waals surface area contributed by atoms with Gasteiger partial charge in [0.1, 0.15) is 11.6 Å². The average Bonchev–Trinajstić information content (AvgIpc) is 2.40. The van der Waals surface area contributed by atoms with Gasteiger partial charge >= 0.3 is 0 Å². The fourth-order valence-electron chi connectivity index (χ4n) is 1.85. The van der Waals surface area contributed by atoms with E-state index in [4.69, 9.17) is 5.73 Å². The highest BCUT2D eigenvalue weighted by Crippen LogP contribution is 2.24. The molecule has 20 heavy (non-hydrogen) atoms. The summed E-state index contributed by atoms with van der Waals surface area (Å²) in [5, 5.41) is 0. The number of rotatable bonds is 3. The number of benzene rings is 2. The molecule has 2 aromatic rings. The minimum absolute atomic E-state index is 0.0251. The maximum Gasteiger partial charge on any atom is 0.175 e. The van der Waals surface area contributed by atoms with Gasteiger partial charge in [-0.1, -0.05) is 12.1 Å². The molecule has 0 saturated heterocycles. The Labute approximate surface area is 116 Å². The highest BCUT2D eigenvalue weighted by atomic mass is 32.2. The summed E-state index contributed by atoms with van der Waals surface area (Å²) >= 11 is 0. The van der Waals surface area contributed by atoms with E-state index < -0.39 is 27.5 Å². The summed E-state index contributed by atoms with van der Waals surface area (Å²) in [6, 6.07) is 7.96. The molecule has 2 N–H and O–H groups in total. The Morgan fingerprint density at radius 2 is 1.65 bits per heavy atom. The summed E-state index contributed by atoms with van der Waals surface area (Å²) in [5.74, 6) is -1.18. The van der Waals surface area contributed by atoms with E-state index in [1.807, 2.05) is 0 Å². The molecule has 2 aromatic carbocycles. The summed E-state index contributed by atoms with van der Waals surface area (Å²) in [5.41, 5.74) is 6.42. The lowest BCUT2D eigenvalue weighted by molar-refractivity contribution is 0.576. The summed E-state index contributed by atoms with van der Waals surface area (Å²) in [6.45, 7) is 0. The standard InChI is InChI=1S/C14H13F2NO2S/c1-20(18,19)11-5-2-9(3-6-11)14(17)12-8-10(15)4-7-13(12)16/h2-8,14H,17H2,1H3. The van der Waals surface area contributed by atoms with Crippen molar-refractivity contribution in [3.63, 3.8) is 0 Å². The van der Waals surface area contributed by atoms with Crippen molar-refractivity contribution in [3.05, 3.63) is 65.2 Å². The van der Waals surface area contributed by atoms with Crippen LogP contribution in [0.2, 0.25) is 0 Å². The lowest BCUT2D eigenvalue weighted by Crippen LogP contribution is -2.14. The molecule has 2 rings (SSSR count). The third kappa shape index (κ3) is 3.02. The van der Waals surface area contributed by atoms with E-state index >= 15 is 0 Å². The third-order valence-corrected chi connectivity index (χ3v) is 4.09. The minimum atomic E-state index is -3.30. The minimum Gasteiger partial charge on any atom is -0.320 e. The molecule has 0 saturated carbocycles. The van der Waals surface area contributed by atoms with Crippen LogP contribution in [0.1, 0.15) is 17.2 Å². The Morgan fingerprint density at radius 3 is 2.20 bits per heavy atom. The van der Waals surface area contributed by atoms with Crippen LogP contribution in [-0.2, 0) is 9.84 Å². The van der Waals surface area contributed by atoms with E-state index in [1.165, 1.54) is 24.3 Å². The molecule has 0 bridgehead atoms. The number of sulfone groups is 1.